The Balaban J connectivity index is 2.20. The molecule has 0 amide bonds. The largest absolute Gasteiger partial charge is 0.292 e. The fraction of sp³-hybridized carbons (Fsp3) is 0.0909. The number of nitrogens with zero attached hydrogens (tertiary/aromatic N) is 2. The van der Waals surface area contributed by atoms with E-state index < -0.39 is 10.0 Å². The van der Waals surface area contributed by atoms with Gasteiger partial charge in [-0.3, -0.25) is 10.1 Å². The molecule has 1 aromatic heterocycles. The summed E-state index contributed by atoms with van der Waals surface area (Å²) in [4.78, 5) is 8.54. The van der Waals surface area contributed by atoms with Crippen LogP contribution in [0.4, 0.5) is 11.6 Å². The van der Waals surface area contributed by atoms with E-state index in [-0.39, 0.29) is 10.8 Å². The molecule has 0 aliphatic carbocycles. The maximum absolute atomic E-state index is 12.1. The van der Waals surface area contributed by atoms with Crippen molar-refractivity contribution in [2.45, 2.75) is 9.79 Å². The van der Waals surface area contributed by atoms with Crippen molar-refractivity contribution in [3.8, 4) is 0 Å². The van der Waals surface area contributed by atoms with Gasteiger partial charge in [0.25, 0.3) is 10.0 Å². The van der Waals surface area contributed by atoms with Gasteiger partial charge in [0, 0.05) is 10.6 Å². The van der Waals surface area contributed by atoms with Gasteiger partial charge in [-0.15, -0.1) is 11.8 Å². The minimum absolute atomic E-state index is 0.0366. The molecule has 1 heterocycles. The van der Waals surface area contributed by atoms with E-state index in [1.54, 1.807) is 23.9 Å². The molecule has 0 spiro atoms. The number of hydrazine groups is 1. The molecule has 0 unspecified atom stereocenters. The first-order valence-corrected chi connectivity index (χ1v) is 8.21. The second-order valence-electron chi connectivity index (χ2n) is 3.72. The number of aromatic nitrogens is 2. The zero-order valence-corrected chi connectivity index (χ0v) is 12.2. The number of hydrogen-bond donors (Lipinski definition) is 3. The van der Waals surface area contributed by atoms with Gasteiger partial charge in [0.15, 0.2) is 0 Å². The van der Waals surface area contributed by atoms with Crippen molar-refractivity contribution in [1.29, 1.82) is 0 Å². The maximum Gasteiger partial charge on any atom is 0.264 e. The predicted molar refractivity (Wildman–Crippen MR) is 78.9 cm³/mol. The normalized spacial score (nSPS) is 11.1. The van der Waals surface area contributed by atoms with Crippen molar-refractivity contribution in [3.63, 3.8) is 0 Å². The van der Waals surface area contributed by atoms with Gasteiger partial charge in [-0.2, -0.15) is 0 Å². The quantitative estimate of drug-likeness (QED) is 0.433. The van der Waals surface area contributed by atoms with Crippen LogP contribution in [0.5, 0.6) is 0 Å². The van der Waals surface area contributed by atoms with Crippen LogP contribution in [0.2, 0.25) is 0 Å². The van der Waals surface area contributed by atoms with Crippen molar-refractivity contribution in [3.05, 3.63) is 36.7 Å². The molecule has 0 aliphatic heterocycles. The monoisotopic (exact) mass is 311 g/mol. The first-order valence-electron chi connectivity index (χ1n) is 5.50. The summed E-state index contributed by atoms with van der Waals surface area (Å²) in [7, 11) is -3.71. The molecule has 0 aliphatic rings. The van der Waals surface area contributed by atoms with Gasteiger partial charge < -0.3 is 0 Å². The third-order valence-corrected chi connectivity index (χ3v) is 4.49. The van der Waals surface area contributed by atoms with Crippen molar-refractivity contribution in [1.82, 2.24) is 9.97 Å². The van der Waals surface area contributed by atoms with Gasteiger partial charge in [-0.05, 0) is 30.5 Å². The number of benzene rings is 1. The van der Waals surface area contributed by atoms with Gasteiger partial charge in [-0.25, -0.2) is 24.2 Å². The number of thioether (sulfide) groups is 1. The Morgan fingerprint density at radius 2 is 1.75 bits per heavy atom. The second-order valence-corrected chi connectivity index (χ2v) is 6.28. The third-order valence-electron chi connectivity index (χ3n) is 2.41. The van der Waals surface area contributed by atoms with E-state index in [1.807, 2.05) is 18.4 Å². The van der Waals surface area contributed by atoms with Crippen molar-refractivity contribution >= 4 is 33.4 Å². The first-order chi connectivity index (χ1) is 9.55. The van der Waals surface area contributed by atoms with Gasteiger partial charge in [0.2, 0.25) is 5.95 Å². The molecule has 0 atom stereocenters. The van der Waals surface area contributed by atoms with E-state index in [1.165, 1.54) is 12.4 Å². The number of nitrogens with one attached hydrogen (secondary N) is 2. The molecule has 0 bridgehead atoms. The second kappa shape index (κ2) is 6.07. The Hall–Kier alpha value is -1.84. The summed E-state index contributed by atoms with van der Waals surface area (Å²) >= 11 is 1.58. The Kier molecular flexibility index (Phi) is 4.42. The summed E-state index contributed by atoms with van der Waals surface area (Å²) in [6, 6.07) is 7.06. The summed E-state index contributed by atoms with van der Waals surface area (Å²) in [6.45, 7) is 0. The van der Waals surface area contributed by atoms with Gasteiger partial charge in [0.05, 0.1) is 12.4 Å². The SMILES string of the molecule is CSc1ccc(NS(=O)(=O)c2cnc(NN)nc2)cc1. The highest BCUT2D eigenvalue weighted by Gasteiger charge is 2.15. The highest BCUT2D eigenvalue weighted by atomic mass is 32.2. The number of sulfonamides is 1. The van der Waals surface area contributed by atoms with Crippen LogP contribution in [-0.4, -0.2) is 24.6 Å². The molecule has 106 valence electrons. The lowest BCUT2D eigenvalue weighted by Crippen LogP contribution is -2.15. The Bertz CT molecular complexity index is 671. The number of hydrogen-bond acceptors (Lipinski definition) is 7. The molecule has 0 saturated carbocycles. The van der Waals surface area contributed by atoms with Crippen molar-refractivity contribution < 1.29 is 8.42 Å². The lowest BCUT2D eigenvalue weighted by Gasteiger charge is -2.08. The molecular weight excluding hydrogens is 298 g/mol. The molecule has 0 fully saturated rings. The van der Waals surface area contributed by atoms with Gasteiger partial charge in [0.1, 0.15) is 4.90 Å². The molecule has 9 heteroatoms. The average molecular weight is 311 g/mol. The van der Waals surface area contributed by atoms with Gasteiger partial charge in [-0.1, -0.05) is 0 Å². The summed E-state index contributed by atoms with van der Waals surface area (Å²) in [6.07, 6.45) is 4.31. The van der Waals surface area contributed by atoms with Crippen LogP contribution in [0, 0.1) is 0 Å². The number of nitrogens with two attached hydrogens (primary N) is 1. The van der Waals surface area contributed by atoms with Gasteiger partial charge >= 0.3 is 0 Å². The average Bonchev–Trinajstić information content (AvgIpc) is 2.48. The van der Waals surface area contributed by atoms with E-state index in [9.17, 15) is 8.42 Å². The molecule has 20 heavy (non-hydrogen) atoms. The van der Waals surface area contributed by atoms with E-state index >= 15 is 0 Å². The maximum atomic E-state index is 12.1. The van der Waals surface area contributed by atoms with E-state index in [2.05, 4.69) is 20.1 Å². The van der Waals surface area contributed by atoms with Crippen molar-refractivity contribution in [2.75, 3.05) is 16.4 Å². The molecular formula is C11H13N5O2S2. The number of nitrogen functional groups attached to an aromatic ring is 1. The minimum Gasteiger partial charge on any atom is -0.292 e. The van der Waals surface area contributed by atoms with Crippen LogP contribution in [0.15, 0.2) is 46.5 Å². The van der Waals surface area contributed by atoms with Crippen LogP contribution < -0.4 is 16.0 Å². The van der Waals surface area contributed by atoms with E-state index in [0.29, 0.717) is 5.69 Å². The van der Waals surface area contributed by atoms with Crippen LogP contribution in [0.1, 0.15) is 0 Å². The highest BCUT2D eigenvalue weighted by Crippen LogP contribution is 2.20. The Morgan fingerprint density at radius 3 is 2.25 bits per heavy atom. The van der Waals surface area contributed by atoms with E-state index in [0.717, 1.165) is 4.90 Å². The molecule has 0 radical (unpaired) electrons. The molecule has 0 saturated heterocycles. The highest BCUT2D eigenvalue weighted by molar-refractivity contribution is 7.98. The minimum atomic E-state index is -3.71. The fourth-order valence-corrected chi connectivity index (χ4v) is 2.76. The number of rotatable bonds is 5. The summed E-state index contributed by atoms with van der Waals surface area (Å²) in [5, 5.41) is 0. The number of anilines is 2. The third kappa shape index (κ3) is 3.38. The summed E-state index contributed by atoms with van der Waals surface area (Å²) in [5.74, 6) is 5.26. The molecule has 2 rings (SSSR count). The van der Waals surface area contributed by atoms with Crippen LogP contribution in [0.3, 0.4) is 0 Å². The van der Waals surface area contributed by atoms with E-state index in [4.69, 9.17) is 5.84 Å². The standard InChI is InChI=1S/C11H13N5O2S2/c1-19-9-4-2-8(3-5-9)16-20(17,18)10-6-13-11(15-12)14-7-10/h2-7,16H,12H2,1H3,(H,13,14,15). The molecule has 2 aromatic rings. The summed E-state index contributed by atoms with van der Waals surface area (Å²) in [5.41, 5.74) is 2.70. The Labute approximate surface area is 121 Å². The van der Waals surface area contributed by atoms with Crippen LogP contribution >= 0.6 is 11.8 Å². The van der Waals surface area contributed by atoms with Crippen molar-refractivity contribution in [2.24, 2.45) is 5.84 Å². The zero-order chi connectivity index (χ0) is 14.6. The fourth-order valence-electron chi connectivity index (χ4n) is 1.40. The molecule has 4 N–H and O–H groups in total. The lowest BCUT2D eigenvalue weighted by atomic mass is 10.3. The topological polar surface area (TPSA) is 110 Å². The smallest absolute Gasteiger partial charge is 0.264 e. The lowest BCUT2D eigenvalue weighted by molar-refractivity contribution is 0.600. The molecule has 7 nitrogen and oxygen atoms in total. The summed E-state index contributed by atoms with van der Waals surface area (Å²) < 4.78 is 26.7. The first kappa shape index (κ1) is 14.6. The molecule has 1 aromatic carbocycles. The van der Waals surface area contributed by atoms with Crippen LogP contribution in [0.25, 0.3) is 0 Å². The Morgan fingerprint density at radius 1 is 1.15 bits per heavy atom. The van der Waals surface area contributed by atoms with Crippen LogP contribution in [-0.2, 0) is 10.0 Å². The zero-order valence-electron chi connectivity index (χ0n) is 10.6. The predicted octanol–water partition coefficient (Wildman–Crippen LogP) is 1.28.